The molecule has 6 heteroatoms. The van der Waals surface area contributed by atoms with Crippen LogP contribution in [-0.4, -0.2) is 27.1 Å². The quantitative estimate of drug-likeness (QED) is 0.879. The van der Waals surface area contributed by atoms with E-state index < -0.39 is 5.97 Å². The van der Waals surface area contributed by atoms with Gasteiger partial charge >= 0.3 is 5.97 Å². The number of benzene rings is 1. The number of carbonyl (C=O) groups is 1. The summed E-state index contributed by atoms with van der Waals surface area (Å²) in [5.41, 5.74) is 1.61. The van der Waals surface area contributed by atoms with Gasteiger partial charge in [0.2, 0.25) is 0 Å². The number of hydrogen-bond donors (Lipinski definition) is 1. The van der Waals surface area contributed by atoms with Crippen molar-refractivity contribution in [2.24, 2.45) is 7.05 Å². The Hall–Kier alpha value is -1.46. The summed E-state index contributed by atoms with van der Waals surface area (Å²) in [6.45, 7) is 0. The zero-order valence-corrected chi connectivity index (χ0v) is 11.4. The molecule has 0 saturated carbocycles. The molecule has 0 radical (unpaired) electrons. The fourth-order valence-corrected chi connectivity index (χ4v) is 2.46. The van der Waals surface area contributed by atoms with Crippen molar-refractivity contribution in [3.05, 3.63) is 35.0 Å². The normalized spacial score (nSPS) is 10.6. The van der Waals surface area contributed by atoms with E-state index in [9.17, 15) is 4.79 Å². The number of rotatable bonds is 3. The first-order valence-corrected chi connectivity index (χ1v) is 6.74. The Morgan fingerprint density at radius 3 is 2.67 bits per heavy atom. The van der Waals surface area contributed by atoms with E-state index in [1.807, 2.05) is 18.4 Å². The van der Waals surface area contributed by atoms with Gasteiger partial charge in [-0.15, -0.1) is 11.8 Å². The summed E-state index contributed by atoms with van der Waals surface area (Å²) in [7, 11) is 1.71. The van der Waals surface area contributed by atoms with Crippen molar-refractivity contribution in [1.29, 1.82) is 0 Å². The van der Waals surface area contributed by atoms with Gasteiger partial charge in [-0.1, -0.05) is 11.6 Å². The predicted molar refractivity (Wildman–Crippen MR) is 72.4 cm³/mol. The van der Waals surface area contributed by atoms with Gasteiger partial charge in [0, 0.05) is 22.5 Å². The van der Waals surface area contributed by atoms with Crippen molar-refractivity contribution in [1.82, 2.24) is 9.78 Å². The third-order valence-corrected chi connectivity index (χ3v) is 3.43. The van der Waals surface area contributed by atoms with Crippen molar-refractivity contribution < 1.29 is 9.90 Å². The highest BCUT2D eigenvalue weighted by atomic mass is 35.5. The molecule has 4 nitrogen and oxygen atoms in total. The Bertz CT molecular complexity index is 610. The standard InChI is InChI=1S/C12H11ClN2O2S/c1-15-11(6-10(14-15)12(16)17)7-3-8(13)5-9(4-7)18-2/h3-6H,1-2H3,(H,16,17). The van der Waals surface area contributed by atoms with E-state index in [2.05, 4.69) is 5.10 Å². The zero-order chi connectivity index (χ0) is 13.3. The SMILES string of the molecule is CSc1cc(Cl)cc(-c2cc(C(=O)O)nn2C)c1. The van der Waals surface area contributed by atoms with Crippen LogP contribution in [0.1, 0.15) is 10.5 Å². The molecule has 0 spiro atoms. The van der Waals surface area contributed by atoms with E-state index in [0.717, 1.165) is 16.2 Å². The first-order chi connectivity index (χ1) is 8.51. The second-order valence-corrected chi connectivity index (χ2v) is 5.04. The predicted octanol–water partition coefficient (Wildman–Crippen LogP) is 3.16. The summed E-state index contributed by atoms with van der Waals surface area (Å²) in [6, 6.07) is 7.16. The number of halogens is 1. The maximum atomic E-state index is 10.9. The number of carboxylic acid groups (broad SMARTS) is 1. The van der Waals surface area contributed by atoms with Gasteiger partial charge in [-0.05, 0) is 30.5 Å². The van der Waals surface area contributed by atoms with Gasteiger partial charge in [0.15, 0.2) is 5.69 Å². The number of aryl methyl sites for hydroxylation is 1. The molecule has 0 saturated heterocycles. The Balaban J connectivity index is 2.54. The van der Waals surface area contributed by atoms with Crippen LogP contribution >= 0.6 is 23.4 Å². The van der Waals surface area contributed by atoms with E-state index in [4.69, 9.17) is 16.7 Å². The molecule has 1 aromatic carbocycles. The average Bonchev–Trinajstić information content (AvgIpc) is 2.70. The fraction of sp³-hybridized carbons (Fsp3) is 0.167. The molecular formula is C12H11ClN2O2S. The van der Waals surface area contributed by atoms with Crippen LogP contribution < -0.4 is 0 Å². The van der Waals surface area contributed by atoms with Gasteiger partial charge in [0.25, 0.3) is 0 Å². The first kappa shape index (κ1) is 13.0. The van der Waals surface area contributed by atoms with Gasteiger partial charge in [0.1, 0.15) is 0 Å². The lowest BCUT2D eigenvalue weighted by molar-refractivity contribution is 0.0689. The first-order valence-electron chi connectivity index (χ1n) is 5.13. The molecule has 2 aromatic rings. The molecule has 0 bridgehead atoms. The summed E-state index contributed by atoms with van der Waals surface area (Å²) in [5, 5.41) is 13.5. The fourth-order valence-electron chi connectivity index (χ4n) is 1.67. The van der Waals surface area contributed by atoms with Crippen LogP contribution in [0.2, 0.25) is 5.02 Å². The summed E-state index contributed by atoms with van der Waals surface area (Å²) in [6.07, 6.45) is 1.96. The number of carboxylic acids is 1. The molecule has 0 aliphatic heterocycles. The number of nitrogens with zero attached hydrogens (tertiary/aromatic N) is 2. The summed E-state index contributed by atoms with van der Waals surface area (Å²) in [4.78, 5) is 11.9. The van der Waals surface area contributed by atoms with E-state index in [0.29, 0.717) is 5.02 Å². The maximum Gasteiger partial charge on any atom is 0.356 e. The topological polar surface area (TPSA) is 55.1 Å². The molecule has 0 aliphatic rings. The highest BCUT2D eigenvalue weighted by molar-refractivity contribution is 7.98. The van der Waals surface area contributed by atoms with Gasteiger partial charge in [-0.2, -0.15) is 5.10 Å². The van der Waals surface area contributed by atoms with Crippen LogP contribution in [0.4, 0.5) is 0 Å². The minimum atomic E-state index is -1.04. The number of aromatic carboxylic acids is 1. The summed E-state index contributed by atoms with van der Waals surface area (Å²) in [5.74, 6) is -1.04. The van der Waals surface area contributed by atoms with Gasteiger partial charge < -0.3 is 5.11 Å². The molecule has 0 aliphatic carbocycles. The largest absolute Gasteiger partial charge is 0.476 e. The van der Waals surface area contributed by atoms with Crippen LogP contribution in [-0.2, 0) is 7.05 Å². The Morgan fingerprint density at radius 1 is 1.39 bits per heavy atom. The maximum absolute atomic E-state index is 10.9. The van der Waals surface area contributed by atoms with Crippen LogP contribution in [0.25, 0.3) is 11.3 Å². The molecular weight excluding hydrogens is 272 g/mol. The zero-order valence-electron chi connectivity index (χ0n) is 9.85. The summed E-state index contributed by atoms with van der Waals surface area (Å²) < 4.78 is 1.54. The third kappa shape index (κ3) is 2.52. The van der Waals surface area contributed by atoms with Crippen LogP contribution in [0.5, 0.6) is 0 Å². The molecule has 18 heavy (non-hydrogen) atoms. The van der Waals surface area contributed by atoms with Gasteiger partial charge in [-0.3, -0.25) is 4.68 Å². The molecule has 94 valence electrons. The number of thioether (sulfide) groups is 1. The van der Waals surface area contributed by atoms with Crippen LogP contribution in [0.3, 0.4) is 0 Å². The van der Waals surface area contributed by atoms with Crippen LogP contribution in [0, 0.1) is 0 Å². The third-order valence-electron chi connectivity index (χ3n) is 2.50. The highest BCUT2D eigenvalue weighted by Gasteiger charge is 2.13. The molecule has 1 N–H and O–H groups in total. The van der Waals surface area contributed by atoms with Gasteiger partial charge in [0.05, 0.1) is 5.69 Å². The molecule has 0 fully saturated rings. The lowest BCUT2D eigenvalue weighted by atomic mass is 10.1. The van der Waals surface area contributed by atoms with E-state index in [1.54, 1.807) is 29.6 Å². The lowest BCUT2D eigenvalue weighted by Crippen LogP contribution is -1.99. The van der Waals surface area contributed by atoms with Crippen molar-refractivity contribution in [2.75, 3.05) is 6.26 Å². The minimum absolute atomic E-state index is 0.0261. The molecule has 1 aromatic heterocycles. The molecule has 2 rings (SSSR count). The molecule has 0 amide bonds. The van der Waals surface area contributed by atoms with Crippen molar-refractivity contribution >= 4 is 29.3 Å². The van der Waals surface area contributed by atoms with Crippen LogP contribution in [0.15, 0.2) is 29.2 Å². The monoisotopic (exact) mass is 282 g/mol. The second-order valence-electron chi connectivity index (χ2n) is 3.72. The minimum Gasteiger partial charge on any atom is -0.476 e. The Labute approximate surface area is 114 Å². The summed E-state index contributed by atoms with van der Waals surface area (Å²) >= 11 is 7.62. The van der Waals surface area contributed by atoms with E-state index in [-0.39, 0.29) is 5.69 Å². The molecule has 0 unspecified atom stereocenters. The Kier molecular flexibility index (Phi) is 3.63. The smallest absolute Gasteiger partial charge is 0.356 e. The second kappa shape index (κ2) is 5.04. The Morgan fingerprint density at radius 2 is 2.11 bits per heavy atom. The average molecular weight is 283 g/mol. The number of hydrogen-bond acceptors (Lipinski definition) is 3. The molecule has 0 atom stereocenters. The van der Waals surface area contributed by atoms with Crippen molar-refractivity contribution in [3.8, 4) is 11.3 Å². The van der Waals surface area contributed by atoms with E-state index in [1.165, 1.54) is 6.07 Å². The molecule has 1 heterocycles. The highest BCUT2D eigenvalue weighted by Crippen LogP contribution is 2.29. The van der Waals surface area contributed by atoms with Crippen molar-refractivity contribution in [3.63, 3.8) is 0 Å². The lowest BCUT2D eigenvalue weighted by Gasteiger charge is -2.05. The van der Waals surface area contributed by atoms with Crippen molar-refractivity contribution in [2.45, 2.75) is 4.90 Å². The number of aromatic nitrogens is 2. The van der Waals surface area contributed by atoms with E-state index >= 15 is 0 Å². The van der Waals surface area contributed by atoms with Gasteiger partial charge in [-0.25, -0.2) is 4.79 Å².